The Hall–Kier alpha value is -0.860. The summed E-state index contributed by atoms with van der Waals surface area (Å²) >= 11 is 3.08. The van der Waals surface area contributed by atoms with Crippen molar-refractivity contribution in [3.8, 4) is 11.2 Å². The minimum absolute atomic E-state index is 0.0682. The van der Waals surface area contributed by atoms with Crippen LogP contribution in [0.25, 0.3) is 0 Å². The Kier molecular flexibility index (Phi) is 3.29. The van der Waals surface area contributed by atoms with Gasteiger partial charge in [0.2, 0.25) is 9.84 Å². The van der Waals surface area contributed by atoms with Gasteiger partial charge in [-0.05, 0) is 24.1 Å². The van der Waals surface area contributed by atoms with Crippen molar-refractivity contribution in [2.24, 2.45) is 0 Å². The van der Waals surface area contributed by atoms with E-state index in [4.69, 9.17) is 0 Å². The lowest BCUT2D eigenvalue weighted by Crippen LogP contribution is -1.90. The first-order valence-corrected chi connectivity index (χ1v) is 6.25. The van der Waals surface area contributed by atoms with Gasteiger partial charge in [0.25, 0.3) is 0 Å². The van der Waals surface area contributed by atoms with Gasteiger partial charge in [0.1, 0.15) is 5.82 Å². The maximum absolute atomic E-state index is 13.1. The largest absolute Gasteiger partial charge is 0.216 e. The van der Waals surface area contributed by atoms with E-state index >= 15 is 0 Å². The van der Waals surface area contributed by atoms with E-state index in [0.717, 1.165) is 6.26 Å². The average molecular weight is 277 g/mol. The molecule has 0 aliphatic rings. The molecule has 1 aromatic carbocycles. The van der Waals surface area contributed by atoms with Gasteiger partial charge in [0, 0.05) is 9.73 Å². The highest BCUT2D eigenvalue weighted by Crippen LogP contribution is 2.14. The van der Waals surface area contributed by atoms with E-state index in [1.54, 1.807) is 6.07 Å². The summed E-state index contributed by atoms with van der Waals surface area (Å²) < 4.78 is 35.0. The molecule has 0 aromatic heterocycles. The monoisotopic (exact) mass is 276 g/mol. The van der Waals surface area contributed by atoms with E-state index in [1.165, 1.54) is 12.1 Å². The van der Waals surface area contributed by atoms with Crippen LogP contribution in [0.3, 0.4) is 0 Å². The molecule has 1 aromatic rings. The van der Waals surface area contributed by atoms with E-state index in [1.807, 2.05) is 5.25 Å². The van der Waals surface area contributed by atoms with Gasteiger partial charge in [0.15, 0.2) is 0 Å². The average Bonchev–Trinajstić information content (AvgIpc) is 2.00. The van der Waals surface area contributed by atoms with Crippen LogP contribution in [0, 0.1) is 17.0 Å². The van der Waals surface area contributed by atoms with Crippen molar-refractivity contribution in [1.29, 1.82) is 0 Å². The van der Waals surface area contributed by atoms with Crippen LogP contribution in [0.4, 0.5) is 4.39 Å². The molecule has 0 saturated heterocycles. The van der Waals surface area contributed by atoms with Gasteiger partial charge < -0.3 is 0 Å². The molecular formula is C9H6BrFO2S. The third-order valence-corrected chi connectivity index (χ3v) is 2.27. The molecule has 0 atom stereocenters. The highest BCUT2D eigenvalue weighted by Gasteiger charge is 2.00. The standard InChI is InChI=1S/C9H6BrFO2S/c1-14(12,13)5-4-7-2-3-8(10)6-9(7)11/h2-3,6H,1H3. The summed E-state index contributed by atoms with van der Waals surface area (Å²) in [7, 11) is -3.39. The lowest BCUT2D eigenvalue weighted by atomic mass is 10.2. The van der Waals surface area contributed by atoms with E-state index in [-0.39, 0.29) is 5.56 Å². The minimum Gasteiger partial charge on any atom is -0.216 e. The van der Waals surface area contributed by atoms with Gasteiger partial charge in [0.05, 0.1) is 11.8 Å². The SMILES string of the molecule is CS(=O)(=O)C#Cc1ccc(Br)cc1F. The van der Waals surface area contributed by atoms with Crippen LogP contribution in [0.15, 0.2) is 22.7 Å². The van der Waals surface area contributed by atoms with Gasteiger partial charge in [-0.1, -0.05) is 15.9 Å². The number of rotatable bonds is 0. The lowest BCUT2D eigenvalue weighted by Gasteiger charge is -1.93. The molecule has 0 N–H and O–H groups in total. The van der Waals surface area contributed by atoms with Crippen molar-refractivity contribution < 1.29 is 12.8 Å². The van der Waals surface area contributed by atoms with Crippen molar-refractivity contribution in [2.75, 3.05) is 6.26 Å². The van der Waals surface area contributed by atoms with Crippen molar-refractivity contribution in [1.82, 2.24) is 0 Å². The van der Waals surface area contributed by atoms with Gasteiger partial charge in [-0.25, -0.2) is 12.8 Å². The lowest BCUT2D eigenvalue weighted by molar-refractivity contribution is 0.611. The first kappa shape index (κ1) is 11.2. The molecule has 14 heavy (non-hydrogen) atoms. The molecule has 0 aliphatic carbocycles. The summed E-state index contributed by atoms with van der Waals surface area (Å²) in [4.78, 5) is 0. The molecule has 0 radical (unpaired) electrons. The zero-order valence-corrected chi connectivity index (χ0v) is 9.62. The Labute approximate surface area is 90.2 Å². The minimum atomic E-state index is -3.39. The molecule has 0 heterocycles. The summed E-state index contributed by atoms with van der Waals surface area (Å²) in [6.07, 6.45) is 0.969. The van der Waals surface area contributed by atoms with Crippen molar-refractivity contribution >= 4 is 25.8 Å². The Balaban J connectivity index is 3.15. The molecule has 0 amide bonds. The molecule has 0 fully saturated rings. The molecule has 1 rings (SSSR count). The number of benzene rings is 1. The normalized spacial score (nSPS) is 10.5. The Morgan fingerprint density at radius 2 is 2.07 bits per heavy atom. The Morgan fingerprint density at radius 1 is 1.43 bits per heavy atom. The fraction of sp³-hybridized carbons (Fsp3) is 0.111. The Morgan fingerprint density at radius 3 is 2.57 bits per heavy atom. The molecule has 74 valence electrons. The smallest absolute Gasteiger partial charge is 0.214 e. The molecule has 0 aliphatic heterocycles. The fourth-order valence-corrected chi connectivity index (χ4v) is 1.37. The number of sulfone groups is 1. The van der Waals surface area contributed by atoms with Crippen LogP contribution >= 0.6 is 15.9 Å². The van der Waals surface area contributed by atoms with Gasteiger partial charge in [-0.3, -0.25) is 0 Å². The van der Waals surface area contributed by atoms with Crippen LogP contribution in [0.2, 0.25) is 0 Å². The molecule has 0 unspecified atom stereocenters. The zero-order valence-electron chi connectivity index (χ0n) is 7.21. The van der Waals surface area contributed by atoms with Crippen LogP contribution in [0.5, 0.6) is 0 Å². The third kappa shape index (κ3) is 3.48. The number of hydrogen-bond donors (Lipinski definition) is 0. The van der Waals surface area contributed by atoms with Crippen molar-refractivity contribution in [3.05, 3.63) is 34.1 Å². The zero-order chi connectivity index (χ0) is 10.8. The van der Waals surface area contributed by atoms with E-state index in [9.17, 15) is 12.8 Å². The first-order valence-electron chi connectivity index (χ1n) is 3.56. The summed E-state index contributed by atoms with van der Waals surface area (Å²) in [5, 5.41) is 1.97. The van der Waals surface area contributed by atoms with E-state index in [2.05, 4.69) is 21.9 Å². The second kappa shape index (κ2) is 4.11. The van der Waals surface area contributed by atoms with E-state index < -0.39 is 15.7 Å². The highest BCUT2D eigenvalue weighted by molar-refractivity contribution is 9.10. The Bertz CT molecular complexity index is 511. The van der Waals surface area contributed by atoms with E-state index in [0.29, 0.717) is 4.47 Å². The van der Waals surface area contributed by atoms with Gasteiger partial charge in [-0.2, -0.15) is 0 Å². The maximum Gasteiger partial charge on any atom is 0.214 e. The summed E-state index contributed by atoms with van der Waals surface area (Å²) in [5.74, 6) is 1.70. The second-order valence-corrected chi connectivity index (χ2v) is 5.29. The maximum atomic E-state index is 13.1. The van der Waals surface area contributed by atoms with Crippen LogP contribution in [0.1, 0.15) is 5.56 Å². The quantitative estimate of drug-likeness (QED) is 0.679. The molecule has 5 heteroatoms. The molecule has 0 bridgehead atoms. The predicted octanol–water partition coefficient (Wildman–Crippen LogP) is 1.94. The van der Waals surface area contributed by atoms with Crippen LogP contribution in [-0.4, -0.2) is 14.7 Å². The second-order valence-electron chi connectivity index (χ2n) is 2.62. The van der Waals surface area contributed by atoms with Crippen molar-refractivity contribution in [2.45, 2.75) is 0 Å². The van der Waals surface area contributed by atoms with Crippen LogP contribution in [-0.2, 0) is 9.84 Å². The fourth-order valence-electron chi connectivity index (χ4n) is 0.739. The third-order valence-electron chi connectivity index (χ3n) is 1.30. The predicted molar refractivity (Wildman–Crippen MR) is 55.8 cm³/mol. The highest BCUT2D eigenvalue weighted by atomic mass is 79.9. The van der Waals surface area contributed by atoms with Crippen molar-refractivity contribution in [3.63, 3.8) is 0 Å². The molecular weight excluding hydrogens is 271 g/mol. The van der Waals surface area contributed by atoms with Gasteiger partial charge in [-0.15, -0.1) is 0 Å². The molecule has 2 nitrogen and oxygen atoms in total. The summed E-state index contributed by atoms with van der Waals surface area (Å²) in [6.45, 7) is 0. The number of halogens is 2. The first-order chi connectivity index (χ1) is 6.38. The van der Waals surface area contributed by atoms with Crippen LogP contribution < -0.4 is 0 Å². The summed E-state index contributed by atoms with van der Waals surface area (Å²) in [6, 6.07) is 4.24. The summed E-state index contributed by atoms with van der Waals surface area (Å²) in [5.41, 5.74) is 0.0682. The molecule has 0 spiro atoms. The molecule has 0 saturated carbocycles. The topological polar surface area (TPSA) is 34.1 Å². The number of hydrogen-bond acceptors (Lipinski definition) is 2. The van der Waals surface area contributed by atoms with Gasteiger partial charge >= 0.3 is 0 Å².